The highest BCUT2D eigenvalue weighted by Gasteiger charge is 2.12. The maximum absolute atomic E-state index is 11.6. The fourth-order valence-electron chi connectivity index (χ4n) is 1.39. The molecule has 2 aromatic rings. The van der Waals surface area contributed by atoms with Crippen LogP contribution < -0.4 is 10.7 Å². The molecule has 0 spiro atoms. The standard InChI is InChI=1S/C14H11ClN4O2/c15-11-1-3-12(4-2-11)18-13(20)14(21)19-17-9-10-5-7-16-8-6-10/h1-9H,(H,18,20)(H,19,21)/b17-9+. The summed E-state index contributed by atoms with van der Waals surface area (Å²) in [5, 5.41) is 6.65. The smallest absolute Gasteiger partial charge is 0.318 e. The molecule has 0 aliphatic carbocycles. The summed E-state index contributed by atoms with van der Waals surface area (Å²) < 4.78 is 0. The van der Waals surface area contributed by atoms with Gasteiger partial charge >= 0.3 is 11.8 Å². The minimum Gasteiger partial charge on any atom is -0.318 e. The van der Waals surface area contributed by atoms with E-state index in [2.05, 4.69) is 20.8 Å². The first-order chi connectivity index (χ1) is 10.1. The largest absolute Gasteiger partial charge is 0.329 e. The van der Waals surface area contributed by atoms with Crippen LogP contribution >= 0.6 is 11.6 Å². The third-order valence-corrected chi connectivity index (χ3v) is 2.65. The lowest BCUT2D eigenvalue weighted by molar-refractivity contribution is -0.136. The van der Waals surface area contributed by atoms with Crippen molar-refractivity contribution in [3.8, 4) is 0 Å². The van der Waals surface area contributed by atoms with E-state index in [0.717, 1.165) is 5.56 Å². The number of carbonyl (C=O) groups is 2. The minimum absolute atomic E-state index is 0.470. The van der Waals surface area contributed by atoms with Crippen molar-refractivity contribution < 1.29 is 9.59 Å². The molecule has 0 aliphatic rings. The lowest BCUT2D eigenvalue weighted by atomic mass is 10.3. The van der Waals surface area contributed by atoms with Crippen LogP contribution in [0.1, 0.15) is 5.56 Å². The first-order valence-corrected chi connectivity index (χ1v) is 6.33. The van der Waals surface area contributed by atoms with Crippen molar-refractivity contribution in [1.29, 1.82) is 0 Å². The van der Waals surface area contributed by atoms with Gasteiger partial charge in [0.15, 0.2) is 0 Å². The van der Waals surface area contributed by atoms with Crippen LogP contribution in [-0.4, -0.2) is 23.0 Å². The Morgan fingerprint density at radius 3 is 2.38 bits per heavy atom. The molecule has 0 unspecified atom stereocenters. The van der Waals surface area contributed by atoms with Gasteiger partial charge in [0.1, 0.15) is 0 Å². The fraction of sp³-hybridized carbons (Fsp3) is 0. The first-order valence-electron chi connectivity index (χ1n) is 5.95. The molecule has 2 N–H and O–H groups in total. The van der Waals surface area contributed by atoms with Gasteiger partial charge in [-0.2, -0.15) is 5.10 Å². The van der Waals surface area contributed by atoms with Crippen LogP contribution in [0.3, 0.4) is 0 Å². The molecular weight excluding hydrogens is 292 g/mol. The van der Waals surface area contributed by atoms with E-state index in [-0.39, 0.29) is 0 Å². The topological polar surface area (TPSA) is 83.5 Å². The maximum Gasteiger partial charge on any atom is 0.329 e. The molecule has 6 nitrogen and oxygen atoms in total. The van der Waals surface area contributed by atoms with Gasteiger partial charge in [-0.05, 0) is 42.0 Å². The summed E-state index contributed by atoms with van der Waals surface area (Å²) in [6, 6.07) is 9.82. The number of halogens is 1. The van der Waals surface area contributed by atoms with E-state index in [1.807, 2.05) is 0 Å². The zero-order valence-electron chi connectivity index (χ0n) is 10.8. The summed E-state index contributed by atoms with van der Waals surface area (Å²) in [5.74, 6) is -1.68. The molecule has 1 aromatic carbocycles. The Bertz CT molecular complexity index is 656. The lowest BCUT2D eigenvalue weighted by Gasteiger charge is -2.03. The number of aromatic nitrogens is 1. The molecule has 0 saturated heterocycles. The number of nitrogens with one attached hydrogen (secondary N) is 2. The van der Waals surface area contributed by atoms with Crippen molar-refractivity contribution in [2.75, 3.05) is 5.32 Å². The van der Waals surface area contributed by atoms with Gasteiger partial charge in [0.05, 0.1) is 6.21 Å². The Balaban J connectivity index is 1.87. The number of benzene rings is 1. The van der Waals surface area contributed by atoms with Crippen molar-refractivity contribution in [2.24, 2.45) is 5.10 Å². The summed E-state index contributed by atoms with van der Waals surface area (Å²) in [7, 11) is 0. The first kappa shape index (κ1) is 14.7. The Kier molecular flexibility index (Phi) is 5.00. The molecule has 0 bridgehead atoms. The van der Waals surface area contributed by atoms with Gasteiger partial charge in [-0.15, -0.1) is 0 Å². The number of pyridine rings is 1. The number of nitrogens with zero attached hydrogens (tertiary/aromatic N) is 2. The molecule has 0 fully saturated rings. The van der Waals surface area contributed by atoms with Crippen molar-refractivity contribution >= 4 is 35.3 Å². The number of hydrogen-bond acceptors (Lipinski definition) is 4. The molecule has 0 aliphatic heterocycles. The number of amides is 2. The lowest BCUT2D eigenvalue weighted by Crippen LogP contribution is -2.32. The van der Waals surface area contributed by atoms with Gasteiger partial charge in [-0.3, -0.25) is 14.6 Å². The van der Waals surface area contributed by atoms with Crippen LogP contribution in [-0.2, 0) is 9.59 Å². The van der Waals surface area contributed by atoms with Crippen LogP contribution in [0, 0.1) is 0 Å². The van der Waals surface area contributed by atoms with Crippen molar-refractivity contribution in [1.82, 2.24) is 10.4 Å². The van der Waals surface area contributed by atoms with Crippen LogP contribution in [0.25, 0.3) is 0 Å². The molecule has 1 heterocycles. The molecule has 1 aromatic heterocycles. The summed E-state index contributed by atoms with van der Waals surface area (Å²) in [6.45, 7) is 0. The Morgan fingerprint density at radius 2 is 1.71 bits per heavy atom. The monoisotopic (exact) mass is 302 g/mol. The Labute approximate surface area is 125 Å². The quantitative estimate of drug-likeness (QED) is 0.515. The number of anilines is 1. The third-order valence-electron chi connectivity index (χ3n) is 2.39. The fourth-order valence-corrected chi connectivity index (χ4v) is 1.51. The van der Waals surface area contributed by atoms with Gasteiger partial charge in [0, 0.05) is 23.1 Å². The van der Waals surface area contributed by atoms with Crippen molar-refractivity contribution in [3.05, 3.63) is 59.4 Å². The van der Waals surface area contributed by atoms with E-state index in [4.69, 9.17) is 11.6 Å². The maximum atomic E-state index is 11.6. The number of carbonyl (C=O) groups excluding carboxylic acids is 2. The average molecular weight is 303 g/mol. The highest BCUT2D eigenvalue weighted by atomic mass is 35.5. The van der Waals surface area contributed by atoms with E-state index in [0.29, 0.717) is 10.7 Å². The summed E-state index contributed by atoms with van der Waals surface area (Å²) >= 11 is 5.72. The summed E-state index contributed by atoms with van der Waals surface area (Å²) in [6.07, 6.45) is 4.60. The van der Waals surface area contributed by atoms with Crippen molar-refractivity contribution in [2.45, 2.75) is 0 Å². The second-order valence-corrected chi connectivity index (χ2v) is 4.38. The molecule has 2 amide bonds. The molecule has 2 rings (SSSR count). The number of rotatable bonds is 3. The summed E-state index contributed by atoms with van der Waals surface area (Å²) in [4.78, 5) is 27.0. The second-order valence-electron chi connectivity index (χ2n) is 3.94. The van der Waals surface area contributed by atoms with Crippen LogP contribution in [0.15, 0.2) is 53.9 Å². The van der Waals surface area contributed by atoms with E-state index in [1.54, 1.807) is 48.8 Å². The average Bonchev–Trinajstić information content (AvgIpc) is 2.50. The Hall–Kier alpha value is -2.73. The van der Waals surface area contributed by atoms with Gasteiger partial charge in [0.25, 0.3) is 0 Å². The zero-order chi connectivity index (χ0) is 15.1. The summed E-state index contributed by atoms with van der Waals surface area (Å²) in [5.41, 5.74) is 3.36. The van der Waals surface area contributed by atoms with E-state index in [1.165, 1.54) is 6.21 Å². The molecule has 0 atom stereocenters. The third kappa shape index (κ3) is 4.70. The van der Waals surface area contributed by atoms with Crippen molar-refractivity contribution in [3.63, 3.8) is 0 Å². The van der Waals surface area contributed by atoms with Crippen LogP contribution in [0.5, 0.6) is 0 Å². The van der Waals surface area contributed by atoms with E-state index >= 15 is 0 Å². The predicted octanol–water partition coefficient (Wildman–Crippen LogP) is 1.82. The SMILES string of the molecule is O=C(N/N=C/c1ccncc1)C(=O)Nc1ccc(Cl)cc1. The molecule has 0 radical (unpaired) electrons. The molecule has 7 heteroatoms. The highest BCUT2D eigenvalue weighted by molar-refractivity contribution is 6.39. The minimum atomic E-state index is -0.866. The van der Waals surface area contributed by atoms with E-state index in [9.17, 15) is 9.59 Å². The van der Waals surface area contributed by atoms with Gasteiger partial charge in [-0.1, -0.05) is 11.6 Å². The molecule has 106 valence electrons. The van der Waals surface area contributed by atoms with Crippen LogP contribution in [0.4, 0.5) is 5.69 Å². The Morgan fingerprint density at radius 1 is 1.05 bits per heavy atom. The van der Waals surface area contributed by atoms with E-state index < -0.39 is 11.8 Å². The normalized spacial score (nSPS) is 10.3. The molecule has 0 saturated carbocycles. The highest BCUT2D eigenvalue weighted by Crippen LogP contribution is 2.13. The van der Waals surface area contributed by atoms with Gasteiger partial charge in [0.2, 0.25) is 0 Å². The zero-order valence-corrected chi connectivity index (χ0v) is 11.5. The second kappa shape index (κ2) is 7.16. The molecule has 21 heavy (non-hydrogen) atoms. The molecular formula is C14H11ClN4O2. The number of hydrazone groups is 1. The van der Waals surface area contributed by atoms with Crippen LogP contribution in [0.2, 0.25) is 5.02 Å². The number of hydrogen-bond donors (Lipinski definition) is 2. The predicted molar refractivity (Wildman–Crippen MR) is 80.1 cm³/mol. The van der Waals surface area contributed by atoms with Gasteiger partial charge in [-0.25, -0.2) is 5.43 Å². The van der Waals surface area contributed by atoms with Gasteiger partial charge < -0.3 is 5.32 Å².